The summed E-state index contributed by atoms with van der Waals surface area (Å²) >= 11 is 7.82. The predicted molar refractivity (Wildman–Crippen MR) is 77.9 cm³/mol. The van der Waals surface area contributed by atoms with E-state index in [1.807, 2.05) is 30.5 Å². The number of pyridine rings is 1. The highest BCUT2D eigenvalue weighted by molar-refractivity contribution is 7.98. The van der Waals surface area contributed by atoms with Gasteiger partial charge in [-0.3, -0.25) is 0 Å². The van der Waals surface area contributed by atoms with Crippen molar-refractivity contribution in [3.8, 4) is 0 Å². The standard InChI is InChI=1S/C14H15ClN2S/c1-10-6-11(7-16)8-17-14(10)18-9-12-4-2-3-5-13(12)15/h2-6,8H,7,9,16H2,1H3. The lowest BCUT2D eigenvalue weighted by atomic mass is 10.2. The van der Waals surface area contributed by atoms with Crippen LogP contribution in [0.1, 0.15) is 16.7 Å². The highest BCUT2D eigenvalue weighted by Gasteiger charge is 2.04. The molecule has 0 fully saturated rings. The molecule has 2 rings (SSSR count). The summed E-state index contributed by atoms with van der Waals surface area (Å²) in [5.74, 6) is 0.829. The van der Waals surface area contributed by atoms with Gasteiger partial charge in [-0.25, -0.2) is 4.98 Å². The van der Waals surface area contributed by atoms with E-state index in [9.17, 15) is 0 Å². The van der Waals surface area contributed by atoms with E-state index in [2.05, 4.69) is 18.0 Å². The first-order chi connectivity index (χ1) is 8.70. The molecule has 1 heterocycles. The van der Waals surface area contributed by atoms with Gasteiger partial charge in [-0.2, -0.15) is 0 Å². The molecule has 0 saturated heterocycles. The topological polar surface area (TPSA) is 38.9 Å². The molecule has 0 amide bonds. The lowest BCUT2D eigenvalue weighted by Gasteiger charge is -2.07. The number of rotatable bonds is 4. The molecular formula is C14H15ClN2S. The van der Waals surface area contributed by atoms with Crippen molar-refractivity contribution < 1.29 is 0 Å². The Balaban J connectivity index is 2.09. The average molecular weight is 279 g/mol. The molecule has 4 heteroatoms. The minimum Gasteiger partial charge on any atom is -0.326 e. The monoisotopic (exact) mass is 278 g/mol. The molecular weight excluding hydrogens is 264 g/mol. The van der Waals surface area contributed by atoms with Gasteiger partial charge in [-0.15, -0.1) is 11.8 Å². The van der Waals surface area contributed by atoms with E-state index in [1.165, 1.54) is 0 Å². The molecule has 18 heavy (non-hydrogen) atoms. The van der Waals surface area contributed by atoms with Crippen LogP contribution in [0.3, 0.4) is 0 Å². The molecule has 0 saturated carbocycles. The lowest BCUT2D eigenvalue weighted by Crippen LogP contribution is -1.98. The Morgan fingerprint density at radius 2 is 2.11 bits per heavy atom. The summed E-state index contributed by atoms with van der Waals surface area (Å²) in [6, 6.07) is 9.98. The van der Waals surface area contributed by atoms with Crippen molar-refractivity contribution in [3.05, 3.63) is 58.2 Å². The van der Waals surface area contributed by atoms with E-state index in [4.69, 9.17) is 17.3 Å². The van der Waals surface area contributed by atoms with Crippen molar-refractivity contribution in [1.82, 2.24) is 4.98 Å². The molecule has 2 aromatic rings. The Morgan fingerprint density at radius 1 is 1.33 bits per heavy atom. The first-order valence-corrected chi connectivity index (χ1v) is 7.09. The number of thioether (sulfide) groups is 1. The van der Waals surface area contributed by atoms with Gasteiger partial charge in [0.2, 0.25) is 0 Å². The van der Waals surface area contributed by atoms with E-state index in [1.54, 1.807) is 11.8 Å². The third-order valence-electron chi connectivity index (χ3n) is 2.64. The number of benzene rings is 1. The zero-order valence-electron chi connectivity index (χ0n) is 10.2. The molecule has 1 aromatic carbocycles. The van der Waals surface area contributed by atoms with E-state index >= 15 is 0 Å². The van der Waals surface area contributed by atoms with Crippen molar-refractivity contribution in [3.63, 3.8) is 0 Å². The summed E-state index contributed by atoms with van der Waals surface area (Å²) < 4.78 is 0. The number of hydrogen-bond donors (Lipinski definition) is 1. The molecule has 2 N–H and O–H groups in total. The molecule has 0 aliphatic carbocycles. The summed E-state index contributed by atoms with van der Waals surface area (Å²) in [6.45, 7) is 2.59. The summed E-state index contributed by atoms with van der Waals surface area (Å²) in [7, 11) is 0. The summed E-state index contributed by atoms with van der Waals surface area (Å²) in [4.78, 5) is 4.43. The Labute approximate surface area is 117 Å². The van der Waals surface area contributed by atoms with Crippen molar-refractivity contribution in [1.29, 1.82) is 0 Å². The second-order valence-corrected chi connectivity index (χ2v) is 5.42. The molecule has 1 aromatic heterocycles. The highest BCUT2D eigenvalue weighted by Crippen LogP contribution is 2.27. The van der Waals surface area contributed by atoms with Crippen molar-refractivity contribution in [2.75, 3.05) is 0 Å². The van der Waals surface area contributed by atoms with Crippen LogP contribution in [0.25, 0.3) is 0 Å². The zero-order chi connectivity index (χ0) is 13.0. The third kappa shape index (κ3) is 3.25. The number of aryl methyl sites for hydroxylation is 1. The van der Waals surface area contributed by atoms with Gasteiger partial charge in [0.1, 0.15) is 0 Å². The van der Waals surface area contributed by atoms with Crippen LogP contribution in [0.2, 0.25) is 5.02 Å². The Hall–Kier alpha value is -1.03. The lowest BCUT2D eigenvalue weighted by molar-refractivity contribution is 0.988. The quantitative estimate of drug-likeness (QED) is 0.865. The van der Waals surface area contributed by atoms with Gasteiger partial charge in [0, 0.05) is 23.5 Å². The third-order valence-corrected chi connectivity index (χ3v) is 4.17. The second-order valence-electron chi connectivity index (χ2n) is 4.05. The summed E-state index contributed by atoms with van der Waals surface area (Å²) in [6.07, 6.45) is 1.84. The van der Waals surface area contributed by atoms with Crippen LogP contribution in [0.5, 0.6) is 0 Å². The zero-order valence-corrected chi connectivity index (χ0v) is 11.8. The first-order valence-electron chi connectivity index (χ1n) is 5.72. The van der Waals surface area contributed by atoms with E-state index in [0.29, 0.717) is 6.54 Å². The number of hydrogen-bond acceptors (Lipinski definition) is 3. The van der Waals surface area contributed by atoms with Gasteiger partial charge in [-0.05, 0) is 29.7 Å². The van der Waals surface area contributed by atoms with E-state index in [-0.39, 0.29) is 0 Å². The molecule has 0 spiro atoms. The first kappa shape index (κ1) is 13.4. The van der Waals surface area contributed by atoms with Gasteiger partial charge in [0.25, 0.3) is 0 Å². The molecule has 2 nitrogen and oxygen atoms in total. The summed E-state index contributed by atoms with van der Waals surface area (Å²) in [5.41, 5.74) is 8.95. The average Bonchev–Trinajstić information content (AvgIpc) is 2.39. The number of aromatic nitrogens is 1. The maximum atomic E-state index is 6.13. The molecule has 0 atom stereocenters. The fourth-order valence-corrected chi connectivity index (χ4v) is 2.88. The van der Waals surface area contributed by atoms with Crippen molar-refractivity contribution in [2.45, 2.75) is 24.2 Å². The van der Waals surface area contributed by atoms with Crippen LogP contribution in [-0.4, -0.2) is 4.98 Å². The number of nitrogens with two attached hydrogens (primary N) is 1. The maximum absolute atomic E-state index is 6.13. The largest absolute Gasteiger partial charge is 0.326 e. The number of halogens is 1. The van der Waals surface area contributed by atoms with E-state index in [0.717, 1.165) is 32.5 Å². The minimum atomic E-state index is 0.531. The molecule has 0 unspecified atom stereocenters. The molecule has 0 aliphatic heterocycles. The molecule has 0 aliphatic rings. The maximum Gasteiger partial charge on any atom is 0.0992 e. The van der Waals surface area contributed by atoms with Crippen LogP contribution in [0, 0.1) is 6.92 Å². The van der Waals surface area contributed by atoms with Crippen LogP contribution in [0.15, 0.2) is 41.6 Å². The van der Waals surface area contributed by atoms with E-state index < -0.39 is 0 Å². The van der Waals surface area contributed by atoms with Crippen LogP contribution in [-0.2, 0) is 12.3 Å². The molecule has 0 radical (unpaired) electrons. The normalized spacial score (nSPS) is 10.6. The van der Waals surface area contributed by atoms with Crippen LogP contribution >= 0.6 is 23.4 Å². The fourth-order valence-electron chi connectivity index (χ4n) is 1.64. The van der Waals surface area contributed by atoms with Gasteiger partial charge in [-0.1, -0.05) is 35.9 Å². The second kappa shape index (κ2) is 6.23. The van der Waals surface area contributed by atoms with Gasteiger partial charge in [0.15, 0.2) is 0 Å². The highest BCUT2D eigenvalue weighted by atomic mass is 35.5. The van der Waals surface area contributed by atoms with Crippen molar-refractivity contribution >= 4 is 23.4 Å². The van der Waals surface area contributed by atoms with Crippen LogP contribution in [0.4, 0.5) is 0 Å². The summed E-state index contributed by atoms with van der Waals surface area (Å²) in [5, 5.41) is 1.84. The molecule has 0 bridgehead atoms. The fraction of sp³-hybridized carbons (Fsp3) is 0.214. The van der Waals surface area contributed by atoms with Gasteiger partial charge < -0.3 is 5.73 Å². The minimum absolute atomic E-state index is 0.531. The molecule has 94 valence electrons. The Morgan fingerprint density at radius 3 is 2.78 bits per heavy atom. The smallest absolute Gasteiger partial charge is 0.0992 e. The number of nitrogens with zero attached hydrogens (tertiary/aromatic N) is 1. The SMILES string of the molecule is Cc1cc(CN)cnc1SCc1ccccc1Cl. The van der Waals surface area contributed by atoms with Crippen LogP contribution < -0.4 is 5.73 Å². The van der Waals surface area contributed by atoms with Crippen molar-refractivity contribution in [2.24, 2.45) is 5.73 Å². The Bertz CT molecular complexity index is 543. The van der Waals surface area contributed by atoms with Gasteiger partial charge in [0.05, 0.1) is 5.03 Å². The predicted octanol–water partition coefficient (Wildman–Crippen LogP) is 3.79. The Kier molecular flexibility index (Phi) is 4.64. The van der Waals surface area contributed by atoms with Gasteiger partial charge >= 0.3 is 0 Å².